The van der Waals surface area contributed by atoms with Gasteiger partial charge in [0.2, 0.25) is 0 Å². The van der Waals surface area contributed by atoms with Crippen molar-refractivity contribution in [2.45, 2.75) is 24.1 Å². The number of nitrogens with one attached hydrogen (secondary N) is 3. The highest BCUT2D eigenvalue weighted by Gasteiger charge is 2.16. The van der Waals surface area contributed by atoms with Crippen molar-refractivity contribution in [1.82, 2.24) is 20.1 Å². The zero-order valence-electron chi connectivity index (χ0n) is 15.0. The lowest BCUT2D eigenvalue weighted by Crippen LogP contribution is -2.26. The zero-order chi connectivity index (χ0) is 20.1. The van der Waals surface area contributed by atoms with Crippen molar-refractivity contribution in [2.24, 2.45) is 0 Å². The van der Waals surface area contributed by atoms with E-state index in [0.717, 1.165) is 17.2 Å². The number of carbonyl (C=O) groups is 1. The smallest absolute Gasteiger partial charge is 0.271 e. The number of aromatic amines is 1. The number of anilines is 1. The van der Waals surface area contributed by atoms with Gasteiger partial charge in [0.15, 0.2) is 4.77 Å². The van der Waals surface area contributed by atoms with Gasteiger partial charge in [-0.15, -0.1) is 11.3 Å². The van der Waals surface area contributed by atoms with E-state index in [9.17, 15) is 13.2 Å². The molecule has 0 fully saturated rings. The van der Waals surface area contributed by atoms with Crippen LogP contribution in [0.5, 0.6) is 0 Å². The summed E-state index contributed by atoms with van der Waals surface area (Å²) in [6.07, 6.45) is 0.525. The minimum Gasteiger partial charge on any atom is -0.352 e. The summed E-state index contributed by atoms with van der Waals surface area (Å²) >= 11 is 6.27. The quantitative estimate of drug-likeness (QED) is 0.470. The minimum absolute atomic E-state index is 0.215. The summed E-state index contributed by atoms with van der Waals surface area (Å²) in [6, 6.07) is 9.54. The van der Waals surface area contributed by atoms with E-state index < -0.39 is 10.0 Å². The van der Waals surface area contributed by atoms with Crippen LogP contribution in [0.15, 0.2) is 46.0 Å². The molecule has 0 bridgehead atoms. The van der Waals surface area contributed by atoms with E-state index in [1.165, 1.54) is 12.1 Å². The van der Waals surface area contributed by atoms with Crippen LogP contribution in [-0.2, 0) is 23.0 Å². The Morgan fingerprint density at radius 3 is 2.86 bits per heavy atom. The van der Waals surface area contributed by atoms with Crippen LogP contribution in [0.25, 0.3) is 0 Å². The third-order valence-corrected chi connectivity index (χ3v) is 7.02. The molecule has 2 heterocycles. The summed E-state index contributed by atoms with van der Waals surface area (Å²) in [4.78, 5) is 12.4. The average molecular weight is 438 g/mol. The highest BCUT2D eigenvalue weighted by molar-refractivity contribution is 7.94. The first-order valence-electron chi connectivity index (χ1n) is 8.49. The molecule has 3 rings (SSSR count). The number of benzene rings is 1. The number of amides is 1. The van der Waals surface area contributed by atoms with Gasteiger partial charge in [-0.2, -0.15) is 5.10 Å². The fourth-order valence-corrected chi connectivity index (χ4v) is 4.93. The summed E-state index contributed by atoms with van der Waals surface area (Å²) in [7, 11) is -3.66. The van der Waals surface area contributed by atoms with E-state index in [1.54, 1.807) is 29.6 Å². The lowest BCUT2D eigenvalue weighted by molar-refractivity contribution is 0.0954. The number of nitrogens with zero attached hydrogens (tertiary/aromatic N) is 2. The van der Waals surface area contributed by atoms with Crippen molar-refractivity contribution in [1.29, 1.82) is 0 Å². The molecule has 0 radical (unpaired) electrons. The van der Waals surface area contributed by atoms with Crippen LogP contribution in [0.1, 0.15) is 23.1 Å². The first kappa shape index (κ1) is 20.2. The molecule has 0 aliphatic rings. The molecule has 0 saturated heterocycles. The lowest BCUT2D eigenvalue weighted by Gasteiger charge is -2.09. The zero-order valence-corrected chi connectivity index (χ0v) is 17.5. The summed E-state index contributed by atoms with van der Waals surface area (Å²) in [6.45, 7) is 3.05. The number of hydrogen-bond acceptors (Lipinski definition) is 6. The van der Waals surface area contributed by atoms with Crippen molar-refractivity contribution in [2.75, 3.05) is 11.3 Å². The fourth-order valence-electron chi connectivity index (χ4n) is 2.60. The van der Waals surface area contributed by atoms with E-state index in [2.05, 4.69) is 20.2 Å². The lowest BCUT2D eigenvalue weighted by atomic mass is 10.2. The van der Waals surface area contributed by atoms with Crippen LogP contribution >= 0.6 is 23.6 Å². The van der Waals surface area contributed by atoms with Crippen LogP contribution < -0.4 is 10.0 Å². The summed E-state index contributed by atoms with van der Waals surface area (Å²) in [5.41, 5.74) is 0.689. The SMILES string of the molecule is CCn1c(CCNC(=O)c2cccc(NS(=O)(=O)c3cccs3)c2)n[nH]c1=S. The third kappa shape index (κ3) is 4.66. The van der Waals surface area contributed by atoms with Crippen LogP contribution in [0.2, 0.25) is 0 Å². The van der Waals surface area contributed by atoms with Crippen molar-refractivity contribution in [3.8, 4) is 0 Å². The molecule has 0 spiro atoms. The van der Waals surface area contributed by atoms with E-state index >= 15 is 0 Å². The maximum atomic E-state index is 12.4. The molecular weight excluding hydrogens is 418 g/mol. The third-order valence-electron chi connectivity index (χ3n) is 3.92. The van der Waals surface area contributed by atoms with Gasteiger partial charge in [0.1, 0.15) is 10.0 Å². The molecule has 1 aromatic carbocycles. The highest BCUT2D eigenvalue weighted by atomic mass is 32.2. The summed E-state index contributed by atoms with van der Waals surface area (Å²) in [5, 5.41) is 11.4. The molecule has 148 valence electrons. The Morgan fingerprint density at radius 2 is 2.14 bits per heavy atom. The van der Waals surface area contributed by atoms with Crippen molar-refractivity contribution in [3.05, 3.63) is 57.9 Å². The average Bonchev–Trinajstić information content (AvgIpc) is 3.32. The summed E-state index contributed by atoms with van der Waals surface area (Å²) in [5.74, 6) is 0.472. The molecular formula is C17H19N5O3S3. The second-order valence-corrected chi connectivity index (χ2v) is 9.06. The highest BCUT2D eigenvalue weighted by Crippen LogP contribution is 2.20. The number of sulfonamides is 1. The van der Waals surface area contributed by atoms with Crippen molar-refractivity contribution >= 4 is 45.2 Å². The van der Waals surface area contributed by atoms with Gasteiger partial charge < -0.3 is 9.88 Å². The van der Waals surface area contributed by atoms with Gasteiger partial charge in [-0.3, -0.25) is 14.6 Å². The standard InChI is InChI=1S/C17H19N5O3S3/c1-2-22-14(19-20-17(22)26)8-9-18-16(23)12-5-3-6-13(11-12)21-28(24,25)15-7-4-10-27-15/h3-7,10-11,21H,2,8-9H2,1H3,(H,18,23)(H,20,26). The molecule has 1 amide bonds. The number of carbonyl (C=O) groups excluding carboxylic acids is 1. The molecule has 0 unspecified atom stereocenters. The Labute approximate surface area is 171 Å². The molecule has 2 aromatic heterocycles. The Hall–Kier alpha value is -2.50. The van der Waals surface area contributed by atoms with Crippen molar-refractivity contribution < 1.29 is 13.2 Å². The molecule has 0 aliphatic heterocycles. The minimum atomic E-state index is -3.66. The number of H-pyrrole nitrogens is 1. The Bertz CT molecular complexity index is 1120. The molecule has 0 saturated carbocycles. The summed E-state index contributed by atoms with van der Waals surface area (Å²) < 4.78 is 29.7. The van der Waals surface area contributed by atoms with E-state index in [4.69, 9.17) is 12.2 Å². The topological polar surface area (TPSA) is 109 Å². The maximum absolute atomic E-state index is 12.4. The Balaban J connectivity index is 1.63. The number of hydrogen-bond donors (Lipinski definition) is 3. The Kier molecular flexibility index (Phi) is 6.27. The fraction of sp³-hybridized carbons (Fsp3) is 0.235. The van der Waals surface area contributed by atoms with E-state index in [1.807, 2.05) is 11.5 Å². The van der Waals surface area contributed by atoms with Crippen molar-refractivity contribution in [3.63, 3.8) is 0 Å². The second kappa shape index (κ2) is 8.67. The number of rotatable bonds is 8. The van der Waals surface area contributed by atoms with Gasteiger partial charge in [0.05, 0.1) is 0 Å². The van der Waals surface area contributed by atoms with Gasteiger partial charge >= 0.3 is 0 Å². The van der Waals surface area contributed by atoms with E-state index in [-0.39, 0.29) is 10.1 Å². The molecule has 11 heteroatoms. The second-order valence-electron chi connectivity index (χ2n) is 5.81. The first-order chi connectivity index (χ1) is 13.4. The van der Waals surface area contributed by atoms with Gasteiger partial charge in [-0.05, 0) is 48.8 Å². The van der Waals surface area contributed by atoms with Gasteiger partial charge in [-0.1, -0.05) is 12.1 Å². The Morgan fingerprint density at radius 1 is 1.32 bits per heavy atom. The van der Waals surface area contributed by atoms with E-state index in [0.29, 0.717) is 35.5 Å². The van der Waals surface area contributed by atoms with Gasteiger partial charge in [0, 0.05) is 30.8 Å². The first-order valence-corrected chi connectivity index (χ1v) is 11.3. The van der Waals surface area contributed by atoms with Crippen LogP contribution in [-0.4, -0.2) is 35.6 Å². The molecule has 8 nitrogen and oxygen atoms in total. The molecule has 28 heavy (non-hydrogen) atoms. The normalized spacial score (nSPS) is 11.3. The van der Waals surface area contributed by atoms with Crippen LogP contribution in [0.4, 0.5) is 5.69 Å². The van der Waals surface area contributed by atoms with Crippen LogP contribution in [0, 0.1) is 4.77 Å². The molecule has 3 aromatic rings. The van der Waals surface area contributed by atoms with Gasteiger partial charge in [0.25, 0.3) is 15.9 Å². The molecule has 0 aliphatic carbocycles. The number of thiophene rings is 1. The molecule has 3 N–H and O–H groups in total. The number of aromatic nitrogens is 3. The molecule has 0 atom stereocenters. The predicted molar refractivity (Wildman–Crippen MR) is 111 cm³/mol. The largest absolute Gasteiger partial charge is 0.352 e. The predicted octanol–water partition coefficient (Wildman–Crippen LogP) is 2.80. The van der Waals surface area contributed by atoms with Gasteiger partial charge in [-0.25, -0.2) is 8.42 Å². The van der Waals surface area contributed by atoms with Crippen LogP contribution in [0.3, 0.4) is 0 Å². The monoisotopic (exact) mass is 437 g/mol. The maximum Gasteiger partial charge on any atom is 0.271 e.